The highest BCUT2D eigenvalue weighted by molar-refractivity contribution is 6.32. The van der Waals surface area contributed by atoms with Gasteiger partial charge >= 0.3 is 0 Å². The monoisotopic (exact) mass is 293 g/mol. The summed E-state index contributed by atoms with van der Waals surface area (Å²) < 4.78 is 7.62. The van der Waals surface area contributed by atoms with Crippen molar-refractivity contribution in [2.24, 2.45) is 5.73 Å². The zero-order chi connectivity index (χ0) is 14.5. The lowest BCUT2D eigenvalue weighted by Gasteiger charge is -2.08. The number of ether oxygens (including phenoxy) is 1. The normalized spacial score (nSPS) is 11.1. The predicted octanol–water partition coefficient (Wildman–Crippen LogP) is 3.20. The third kappa shape index (κ3) is 3.74. The van der Waals surface area contributed by atoms with Crippen molar-refractivity contribution in [3.05, 3.63) is 46.7 Å². The Bertz CT molecular complexity index is 566. The number of rotatable bonds is 6. The third-order valence-electron chi connectivity index (χ3n) is 3.00. The molecule has 0 aliphatic rings. The first-order valence-electron chi connectivity index (χ1n) is 6.75. The molecule has 0 saturated heterocycles. The summed E-state index contributed by atoms with van der Waals surface area (Å²) in [6.07, 6.45) is 2.77. The molecule has 0 saturated carbocycles. The average Bonchev–Trinajstić information content (AvgIpc) is 2.87. The molecule has 0 unspecified atom stereocenters. The minimum Gasteiger partial charge on any atom is -0.486 e. The number of benzene rings is 1. The largest absolute Gasteiger partial charge is 0.486 e. The van der Waals surface area contributed by atoms with E-state index in [-0.39, 0.29) is 0 Å². The SMILES string of the molecule is CC(C)n1ccc(COc2ccc(CCN)cc2Cl)n1. The molecule has 108 valence electrons. The summed E-state index contributed by atoms with van der Waals surface area (Å²) in [7, 11) is 0. The molecule has 20 heavy (non-hydrogen) atoms. The molecule has 1 aromatic carbocycles. The van der Waals surface area contributed by atoms with E-state index in [2.05, 4.69) is 18.9 Å². The molecular weight excluding hydrogens is 274 g/mol. The quantitative estimate of drug-likeness (QED) is 0.890. The number of aromatic nitrogens is 2. The maximum atomic E-state index is 6.20. The van der Waals surface area contributed by atoms with E-state index in [0.29, 0.717) is 30.0 Å². The number of hydrogen-bond donors (Lipinski definition) is 1. The van der Waals surface area contributed by atoms with E-state index in [0.717, 1.165) is 17.7 Å². The van der Waals surface area contributed by atoms with Crippen LogP contribution in [0.1, 0.15) is 31.1 Å². The first-order valence-corrected chi connectivity index (χ1v) is 7.13. The van der Waals surface area contributed by atoms with Gasteiger partial charge in [-0.3, -0.25) is 4.68 Å². The molecule has 0 spiro atoms. The molecule has 0 bridgehead atoms. The van der Waals surface area contributed by atoms with Crippen LogP contribution in [-0.2, 0) is 13.0 Å². The molecule has 1 heterocycles. The minimum atomic E-state index is 0.350. The Balaban J connectivity index is 1.99. The molecule has 0 atom stereocenters. The standard InChI is InChI=1S/C15H20ClN3O/c1-11(2)19-8-6-13(18-19)10-20-15-4-3-12(5-7-17)9-14(15)16/h3-4,6,8-9,11H,5,7,10,17H2,1-2H3. The molecule has 0 aliphatic carbocycles. The maximum absolute atomic E-state index is 6.20. The summed E-state index contributed by atoms with van der Waals surface area (Å²) in [5.41, 5.74) is 7.53. The molecular formula is C15H20ClN3O. The maximum Gasteiger partial charge on any atom is 0.138 e. The Morgan fingerprint density at radius 1 is 1.35 bits per heavy atom. The fraction of sp³-hybridized carbons (Fsp3) is 0.400. The van der Waals surface area contributed by atoms with Crippen LogP contribution in [0.25, 0.3) is 0 Å². The fourth-order valence-electron chi connectivity index (χ4n) is 1.88. The van der Waals surface area contributed by atoms with Crippen LogP contribution in [0.5, 0.6) is 5.75 Å². The van der Waals surface area contributed by atoms with Gasteiger partial charge in [0.25, 0.3) is 0 Å². The minimum absolute atomic E-state index is 0.350. The molecule has 2 aromatic rings. The van der Waals surface area contributed by atoms with E-state index in [1.165, 1.54) is 0 Å². The van der Waals surface area contributed by atoms with Crippen molar-refractivity contribution in [3.8, 4) is 5.75 Å². The summed E-state index contributed by atoms with van der Waals surface area (Å²) in [5.74, 6) is 0.673. The molecule has 2 rings (SSSR count). The highest BCUT2D eigenvalue weighted by atomic mass is 35.5. The van der Waals surface area contributed by atoms with Gasteiger partial charge in [-0.2, -0.15) is 5.10 Å². The zero-order valence-electron chi connectivity index (χ0n) is 11.8. The smallest absolute Gasteiger partial charge is 0.138 e. The zero-order valence-corrected chi connectivity index (χ0v) is 12.6. The van der Waals surface area contributed by atoms with Gasteiger partial charge in [0, 0.05) is 12.2 Å². The molecule has 4 nitrogen and oxygen atoms in total. The Hall–Kier alpha value is -1.52. The molecule has 5 heteroatoms. The van der Waals surface area contributed by atoms with Gasteiger partial charge in [-0.1, -0.05) is 17.7 Å². The second-order valence-electron chi connectivity index (χ2n) is 4.97. The highest BCUT2D eigenvalue weighted by Crippen LogP contribution is 2.26. The van der Waals surface area contributed by atoms with Crippen LogP contribution in [0.4, 0.5) is 0 Å². The summed E-state index contributed by atoms with van der Waals surface area (Å²) in [6, 6.07) is 8.07. The van der Waals surface area contributed by atoms with Crippen LogP contribution in [0.2, 0.25) is 5.02 Å². The van der Waals surface area contributed by atoms with Gasteiger partial charge < -0.3 is 10.5 Å². The van der Waals surface area contributed by atoms with Crippen molar-refractivity contribution in [3.63, 3.8) is 0 Å². The van der Waals surface area contributed by atoms with Gasteiger partial charge in [-0.05, 0) is 50.6 Å². The number of nitrogens with zero attached hydrogens (tertiary/aromatic N) is 2. The summed E-state index contributed by atoms with van der Waals surface area (Å²) >= 11 is 6.20. The van der Waals surface area contributed by atoms with Crippen LogP contribution < -0.4 is 10.5 Å². The van der Waals surface area contributed by atoms with E-state index in [1.807, 2.05) is 35.1 Å². The van der Waals surface area contributed by atoms with Crippen LogP contribution in [0, 0.1) is 0 Å². The van der Waals surface area contributed by atoms with E-state index >= 15 is 0 Å². The summed E-state index contributed by atoms with van der Waals surface area (Å²) in [5, 5.41) is 5.04. The first kappa shape index (κ1) is 14.9. The van der Waals surface area contributed by atoms with E-state index in [1.54, 1.807) is 0 Å². The number of hydrogen-bond acceptors (Lipinski definition) is 3. The lowest BCUT2D eigenvalue weighted by molar-refractivity contribution is 0.299. The Kier molecular flexibility index (Phi) is 5.04. The van der Waals surface area contributed by atoms with Gasteiger partial charge in [0.05, 0.1) is 10.7 Å². The first-order chi connectivity index (χ1) is 9.60. The predicted molar refractivity (Wildman–Crippen MR) is 81.2 cm³/mol. The molecule has 0 radical (unpaired) electrons. The molecule has 1 aromatic heterocycles. The van der Waals surface area contributed by atoms with Crippen LogP contribution >= 0.6 is 11.6 Å². The lowest BCUT2D eigenvalue weighted by atomic mass is 10.1. The second kappa shape index (κ2) is 6.77. The van der Waals surface area contributed by atoms with Gasteiger partial charge in [0.1, 0.15) is 12.4 Å². The van der Waals surface area contributed by atoms with Crippen molar-refractivity contribution in [1.82, 2.24) is 9.78 Å². The van der Waals surface area contributed by atoms with Gasteiger partial charge in [-0.25, -0.2) is 0 Å². The van der Waals surface area contributed by atoms with E-state index in [4.69, 9.17) is 22.1 Å². The molecule has 0 aliphatic heterocycles. The lowest BCUT2D eigenvalue weighted by Crippen LogP contribution is -2.04. The third-order valence-corrected chi connectivity index (χ3v) is 3.29. The summed E-state index contributed by atoms with van der Waals surface area (Å²) in [4.78, 5) is 0. The Morgan fingerprint density at radius 2 is 2.15 bits per heavy atom. The van der Waals surface area contributed by atoms with Gasteiger partial charge in [0.2, 0.25) is 0 Å². The van der Waals surface area contributed by atoms with Crippen molar-refractivity contribution in [1.29, 1.82) is 0 Å². The molecule has 0 fully saturated rings. The molecule has 0 amide bonds. The average molecular weight is 294 g/mol. The van der Waals surface area contributed by atoms with Crippen molar-refractivity contribution in [2.75, 3.05) is 6.54 Å². The fourth-order valence-corrected chi connectivity index (χ4v) is 2.13. The van der Waals surface area contributed by atoms with Crippen molar-refractivity contribution in [2.45, 2.75) is 32.9 Å². The number of nitrogens with two attached hydrogens (primary N) is 1. The van der Waals surface area contributed by atoms with Crippen LogP contribution in [0.15, 0.2) is 30.5 Å². The second-order valence-corrected chi connectivity index (χ2v) is 5.38. The summed E-state index contributed by atoms with van der Waals surface area (Å²) in [6.45, 7) is 5.20. The van der Waals surface area contributed by atoms with Gasteiger partial charge in [0.15, 0.2) is 0 Å². The van der Waals surface area contributed by atoms with Gasteiger partial charge in [-0.15, -0.1) is 0 Å². The highest BCUT2D eigenvalue weighted by Gasteiger charge is 2.06. The van der Waals surface area contributed by atoms with Crippen molar-refractivity contribution < 1.29 is 4.74 Å². The van der Waals surface area contributed by atoms with Crippen molar-refractivity contribution >= 4 is 11.6 Å². The van der Waals surface area contributed by atoms with Crippen LogP contribution in [0.3, 0.4) is 0 Å². The van der Waals surface area contributed by atoms with E-state index < -0.39 is 0 Å². The Labute approximate surface area is 124 Å². The number of halogens is 1. The van der Waals surface area contributed by atoms with Crippen LogP contribution in [-0.4, -0.2) is 16.3 Å². The molecule has 2 N–H and O–H groups in total. The van der Waals surface area contributed by atoms with E-state index in [9.17, 15) is 0 Å². The topological polar surface area (TPSA) is 53.1 Å². The Morgan fingerprint density at radius 3 is 2.75 bits per heavy atom.